The lowest BCUT2D eigenvalue weighted by atomic mass is 10.0. The molecule has 0 aliphatic rings. The number of aliphatic hydroxyl groups excluding tert-OH is 1. The van der Waals surface area contributed by atoms with E-state index in [0.717, 1.165) is 23.5 Å². The van der Waals surface area contributed by atoms with Crippen LogP contribution in [-0.2, 0) is 54.4 Å². The van der Waals surface area contributed by atoms with Crippen LogP contribution < -0.4 is 65.5 Å². The van der Waals surface area contributed by atoms with Crippen LogP contribution in [0.4, 0.5) is 0 Å². The Balaban J connectivity index is 3.42. The van der Waals surface area contributed by atoms with Crippen molar-refractivity contribution in [1.29, 1.82) is 0 Å². The lowest BCUT2D eigenvalue weighted by Crippen LogP contribution is -2.62. The standard InChI is InChI=1S/C43H71N13O13S2/c1-21(2)14-30(42(68)69)53-39(65)31(17-57)54-40(66)32(19-70-6)55-41(67)34(22(3)4)56-38(64)29(16-33(45)60)52-36(62)27(8-7-13-48-43(46)47)50-37(63)28(15-24-9-11-25(59)12-10-24)51-35(61)26(44)18-71-20-49-23(5)58/h9-12,21-22,26-32,34,57,59H,7-8,13-20,44H2,1-6H3,(H2,45,60)(H,49,58)(H,50,63)(H,51,61)(H,52,62)(H,53,65)(H,54,66)(H,55,67)(H,56,64)(H,68,69)(H4,46,47,48)/t26-,27-,28-,29-,30-,31-,32-,34-/m0/s1. The zero-order chi connectivity index (χ0) is 54.0. The van der Waals surface area contributed by atoms with Crippen molar-refractivity contribution in [2.24, 2.45) is 39.8 Å². The summed E-state index contributed by atoms with van der Waals surface area (Å²) < 4.78 is 0. The van der Waals surface area contributed by atoms with Gasteiger partial charge in [0.15, 0.2) is 5.96 Å². The van der Waals surface area contributed by atoms with E-state index in [-0.39, 0.29) is 73.1 Å². The van der Waals surface area contributed by atoms with E-state index < -0.39 is 121 Å². The number of phenolic OH excluding ortho intramolecular Hbond substituents is 1. The molecule has 0 spiro atoms. The number of guanidine groups is 1. The minimum absolute atomic E-state index is 0.00998. The number of aliphatic imine (C=N–C) groups is 1. The topological polar surface area (TPSA) is 444 Å². The number of nitrogens with zero attached hydrogens (tertiary/aromatic N) is 1. The molecule has 71 heavy (non-hydrogen) atoms. The van der Waals surface area contributed by atoms with Crippen molar-refractivity contribution in [1.82, 2.24) is 42.5 Å². The Morgan fingerprint density at radius 2 is 1.20 bits per heavy atom. The molecule has 19 N–H and O–H groups in total. The van der Waals surface area contributed by atoms with Crippen molar-refractivity contribution in [3.05, 3.63) is 29.8 Å². The molecule has 0 saturated carbocycles. The molecule has 1 aromatic carbocycles. The first-order chi connectivity index (χ1) is 33.3. The fourth-order valence-electron chi connectivity index (χ4n) is 6.33. The molecule has 398 valence electrons. The third-order valence-electron chi connectivity index (χ3n) is 10.0. The molecule has 0 aromatic heterocycles. The second kappa shape index (κ2) is 32.5. The third kappa shape index (κ3) is 24.8. The summed E-state index contributed by atoms with van der Waals surface area (Å²) in [7, 11) is 0. The second-order valence-electron chi connectivity index (χ2n) is 17.0. The van der Waals surface area contributed by atoms with Gasteiger partial charge in [-0.3, -0.25) is 48.1 Å². The molecule has 9 amide bonds. The van der Waals surface area contributed by atoms with Crippen LogP contribution in [0, 0.1) is 11.8 Å². The molecular formula is C43H71N13O13S2. The Morgan fingerprint density at radius 3 is 1.73 bits per heavy atom. The summed E-state index contributed by atoms with van der Waals surface area (Å²) in [5, 5.41) is 49.0. The van der Waals surface area contributed by atoms with Crippen LogP contribution in [0.2, 0.25) is 0 Å². The summed E-state index contributed by atoms with van der Waals surface area (Å²) in [5.74, 6) is -10.2. The Bertz CT molecular complexity index is 2010. The van der Waals surface area contributed by atoms with Gasteiger partial charge < -0.3 is 80.8 Å². The van der Waals surface area contributed by atoms with Gasteiger partial charge in [-0.25, -0.2) is 4.79 Å². The number of phenols is 1. The van der Waals surface area contributed by atoms with Gasteiger partial charge in [0.2, 0.25) is 53.2 Å². The quantitative estimate of drug-likeness (QED) is 0.0137. The number of aromatic hydroxyl groups is 1. The molecule has 0 radical (unpaired) electrons. The Kier molecular flexibility index (Phi) is 28.7. The number of aliphatic carboxylic acids is 1. The maximum atomic E-state index is 14.1. The van der Waals surface area contributed by atoms with Gasteiger partial charge in [-0.05, 0) is 55.1 Å². The average Bonchev–Trinajstić information content (AvgIpc) is 3.28. The third-order valence-corrected chi connectivity index (χ3v) is 11.6. The number of hydrogen-bond acceptors (Lipinski definition) is 16. The molecule has 1 rings (SSSR count). The average molecular weight is 1040 g/mol. The second-order valence-corrected chi connectivity index (χ2v) is 19.0. The summed E-state index contributed by atoms with van der Waals surface area (Å²) in [6.45, 7) is 6.97. The monoisotopic (exact) mass is 1040 g/mol. The SMILES string of the molecule is CSC[C@H](NC(=O)[C@@H](NC(=O)[C@H](CC(N)=O)NC(=O)[C@H](CCCN=C(N)N)NC(=O)[C@H](Cc1ccc(O)cc1)NC(=O)[C@@H](N)CSCNC(C)=O)C(C)C)C(=O)N[C@@H](CO)C(=O)N[C@@H](CC(C)C)C(=O)O. The molecule has 0 aliphatic heterocycles. The van der Waals surface area contributed by atoms with Crippen LogP contribution in [0.15, 0.2) is 29.3 Å². The van der Waals surface area contributed by atoms with E-state index in [0.29, 0.717) is 5.56 Å². The van der Waals surface area contributed by atoms with Crippen LogP contribution in [0.25, 0.3) is 0 Å². The van der Waals surface area contributed by atoms with Crippen LogP contribution in [0.5, 0.6) is 5.75 Å². The molecule has 0 bridgehead atoms. The molecule has 0 heterocycles. The number of primary amides is 1. The first-order valence-corrected chi connectivity index (χ1v) is 25.0. The fourth-order valence-corrected chi connectivity index (χ4v) is 7.73. The van der Waals surface area contributed by atoms with Crippen molar-refractivity contribution in [2.45, 2.75) is 115 Å². The van der Waals surface area contributed by atoms with Crippen LogP contribution in [0.3, 0.4) is 0 Å². The molecule has 0 fully saturated rings. The number of aliphatic hydroxyl groups is 1. The van der Waals surface area contributed by atoms with E-state index in [1.807, 2.05) is 0 Å². The summed E-state index contributed by atoms with van der Waals surface area (Å²) >= 11 is 2.27. The number of carboxylic acids is 1. The smallest absolute Gasteiger partial charge is 0.326 e. The molecule has 28 heteroatoms. The van der Waals surface area contributed by atoms with Crippen LogP contribution in [-0.4, -0.2) is 166 Å². The van der Waals surface area contributed by atoms with E-state index in [4.69, 9.17) is 22.9 Å². The first kappa shape index (κ1) is 62.6. The number of carboxylic acid groups (broad SMARTS) is 1. The van der Waals surface area contributed by atoms with E-state index in [9.17, 15) is 63.3 Å². The predicted octanol–water partition coefficient (Wildman–Crippen LogP) is -4.45. The molecule has 0 unspecified atom stereocenters. The van der Waals surface area contributed by atoms with Gasteiger partial charge >= 0.3 is 5.97 Å². The largest absolute Gasteiger partial charge is 0.508 e. The van der Waals surface area contributed by atoms with E-state index in [1.165, 1.54) is 31.2 Å². The molecule has 0 aliphatic carbocycles. The van der Waals surface area contributed by atoms with E-state index in [2.05, 4.69) is 47.5 Å². The normalized spacial score (nSPS) is 14.4. The molecule has 1 aromatic rings. The number of nitrogens with two attached hydrogens (primary N) is 4. The molecule has 26 nitrogen and oxygen atoms in total. The summed E-state index contributed by atoms with van der Waals surface area (Å²) in [6.07, 6.45) is 0.651. The van der Waals surface area contributed by atoms with Gasteiger partial charge in [-0.15, -0.1) is 11.8 Å². The highest BCUT2D eigenvalue weighted by Gasteiger charge is 2.36. The Hall–Kier alpha value is -6.39. The number of rotatable bonds is 33. The summed E-state index contributed by atoms with van der Waals surface area (Å²) in [5.41, 5.74) is 23.0. The van der Waals surface area contributed by atoms with Gasteiger partial charge in [-0.1, -0.05) is 39.8 Å². The van der Waals surface area contributed by atoms with Gasteiger partial charge in [0, 0.05) is 31.4 Å². The number of carbonyl (C=O) groups is 10. The zero-order valence-electron chi connectivity index (χ0n) is 40.7. The van der Waals surface area contributed by atoms with Crippen molar-refractivity contribution >= 4 is 88.6 Å². The van der Waals surface area contributed by atoms with E-state index >= 15 is 0 Å². The molecular weight excluding hydrogens is 971 g/mol. The highest BCUT2D eigenvalue weighted by Crippen LogP contribution is 2.14. The highest BCUT2D eigenvalue weighted by molar-refractivity contribution is 7.99. The maximum absolute atomic E-state index is 14.1. The summed E-state index contributed by atoms with van der Waals surface area (Å²) in [4.78, 5) is 135. The molecule has 8 atom stereocenters. The van der Waals surface area contributed by atoms with Crippen molar-refractivity contribution in [3.63, 3.8) is 0 Å². The highest BCUT2D eigenvalue weighted by atomic mass is 32.2. The van der Waals surface area contributed by atoms with Crippen molar-refractivity contribution in [3.8, 4) is 5.75 Å². The van der Waals surface area contributed by atoms with Gasteiger partial charge in [-0.2, -0.15) is 11.8 Å². The number of amides is 9. The number of hydrogen-bond donors (Lipinski definition) is 15. The number of nitrogens with one attached hydrogen (secondary N) is 8. The lowest BCUT2D eigenvalue weighted by Gasteiger charge is -2.28. The Morgan fingerprint density at radius 1 is 0.676 bits per heavy atom. The Labute approximate surface area is 420 Å². The van der Waals surface area contributed by atoms with Gasteiger partial charge in [0.05, 0.1) is 24.9 Å². The van der Waals surface area contributed by atoms with E-state index in [1.54, 1.807) is 34.0 Å². The summed E-state index contributed by atoms with van der Waals surface area (Å²) in [6, 6.07) is -5.72. The number of thioether (sulfide) groups is 2. The van der Waals surface area contributed by atoms with Crippen molar-refractivity contribution < 1.29 is 63.3 Å². The predicted molar refractivity (Wildman–Crippen MR) is 266 cm³/mol. The first-order valence-electron chi connectivity index (χ1n) is 22.4. The van der Waals surface area contributed by atoms with Gasteiger partial charge in [0.25, 0.3) is 0 Å². The van der Waals surface area contributed by atoms with Crippen molar-refractivity contribution in [2.75, 3.05) is 36.8 Å². The van der Waals surface area contributed by atoms with Crippen LogP contribution in [0.1, 0.15) is 65.9 Å². The lowest BCUT2D eigenvalue weighted by molar-refractivity contribution is -0.143. The molecule has 0 saturated heterocycles. The van der Waals surface area contributed by atoms with Gasteiger partial charge in [0.1, 0.15) is 48.0 Å². The van der Waals surface area contributed by atoms with Crippen LogP contribution >= 0.6 is 23.5 Å². The number of carbonyl (C=O) groups excluding carboxylic acids is 9. The minimum atomic E-state index is -1.74. The number of benzene rings is 1. The zero-order valence-corrected chi connectivity index (χ0v) is 42.3. The fraction of sp³-hybridized carbons (Fsp3) is 0.605. The minimum Gasteiger partial charge on any atom is -0.508 e. The maximum Gasteiger partial charge on any atom is 0.326 e.